The van der Waals surface area contributed by atoms with Crippen LogP contribution in [0.4, 0.5) is 0 Å². The van der Waals surface area contributed by atoms with Crippen LogP contribution in [0.2, 0.25) is 0 Å². The smallest absolute Gasteiger partial charge is 0.311 e. The first kappa shape index (κ1) is 29.9. The lowest BCUT2D eigenvalue weighted by Crippen LogP contribution is -2.32. The Morgan fingerprint density at radius 3 is 1.74 bits per heavy atom. The molecule has 0 radical (unpaired) electrons. The predicted molar refractivity (Wildman–Crippen MR) is 155 cm³/mol. The van der Waals surface area contributed by atoms with Gasteiger partial charge in [0.05, 0.1) is 7.11 Å². The highest BCUT2D eigenvalue weighted by molar-refractivity contribution is 5.75. The Morgan fingerprint density at radius 1 is 0.711 bits per heavy atom. The van der Waals surface area contributed by atoms with Crippen LogP contribution < -0.4 is 9.47 Å². The van der Waals surface area contributed by atoms with Gasteiger partial charge >= 0.3 is 5.97 Å². The molecule has 2 aromatic rings. The summed E-state index contributed by atoms with van der Waals surface area (Å²) in [4.78, 5) is 23.5. The zero-order valence-electron chi connectivity index (χ0n) is 24.2. The minimum Gasteiger partial charge on any atom is -0.497 e. The number of esters is 1. The van der Waals surface area contributed by atoms with E-state index >= 15 is 0 Å². The lowest BCUT2D eigenvalue weighted by molar-refractivity contribution is -0.134. The van der Waals surface area contributed by atoms with Crippen LogP contribution in [0.5, 0.6) is 11.5 Å². The van der Waals surface area contributed by atoms with Gasteiger partial charge in [-0.1, -0.05) is 69.9 Å². The standard InChI is InChI=1S/C34H48O4/c1-26-24-29(37-4)18-20-31(26)34(22-14-11-15-23-34)32-21-19-30(25-27(32)2)38-33(36)17-13-10-8-6-5-7-9-12-16-28(3)35/h18-21,24-25H,5-17,22-23H2,1-4H3. The van der Waals surface area contributed by atoms with Crippen molar-refractivity contribution in [2.24, 2.45) is 0 Å². The van der Waals surface area contributed by atoms with Gasteiger partial charge in [-0.3, -0.25) is 4.79 Å². The molecule has 208 valence electrons. The number of hydrogen-bond acceptors (Lipinski definition) is 4. The van der Waals surface area contributed by atoms with E-state index in [4.69, 9.17) is 9.47 Å². The first-order valence-electron chi connectivity index (χ1n) is 14.8. The van der Waals surface area contributed by atoms with Crippen LogP contribution in [0.15, 0.2) is 36.4 Å². The maximum Gasteiger partial charge on any atom is 0.311 e. The predicted octanol–water partition coefficient (Wildman–Crippen LogP) is 8.96. The monoisotopic (exact) mass is 520 g/mol. The van der Waals surface area contributed by atoms with E-state index in [1.807, 2.05) is 6.07 Å². The van der Waals surface area contributed by atoms with E-state index in [-0.39, 0.29) is 11.4 Å². The number of Topliss-reactive ketones (excluding diaryl/α,β-unsaturated/α-hetero) is 1. The molecular weight excluding hydrogens is 472 g/mol. The van der Waals surface area contributed by atoms with Gasteiger partial charge in [0.25, 0.3) is 0 Å². The first-order valence-corrected chi connectivity index (χ1v) is 14.8. The largest absolute Gasteiger partial charge is 0.497 e. The summed E-state index contributed by atoms with van der Waals surface area (Å²) in [5.74, 6) is 1.70. The molecule has 1 fully saturated rings. The fourth-order valence-corrected chi connectivity index (χ4v) is 6.26. The third kappa shape index (κ3) is 8.44. The van der Waals surface area contributed by atoms with Crippen LogP contribution in [-0.2, 0) is 15.0 Å². The topological polar surface area (TPSA) is 52.6 Å². The molecule has 1 aliphatic carbocycles. The maximum atomic E-state index is 12.5. The van der Waals surface area contributed by atoms with Crippen LogP contribution in [0, 0.1) is 13.8 Å². The third-order valence-corrected chi connectivity index (χ3v) is 8.26. The molecule has 0 aliphatic heterocycles. The van der Waals surface area contributed by atoms with Crippen molar-refractivity contribution < 1.29 is 19.1 Å². The summed E-state index contributed by atoms with van der Waals surface area (Å²) in [6.07, 6.45) is 16.1. The van der Waals surface area contributed by atoms with Crippen molar-refractivity contribution in [1.82, 2.24) is 0 Å². The van der Waals surface area contributed by atoms with Crippen molar-refractivity contribution in [3.63, 3.8) is 0 Å². The zero-order valence-corrected chi connectivity index (χ0v) is 24.2. The van der Waals surface area contributed by atoms with Crippen molar-refractivity contribution in [2.75, 3.05) is 7.11 Å². The van der Waals surface area contributed by atoms with E-state index < -0.39 is 0 Å². The second-order valence-corrected chi connectivity index (χ2v) is 11.3. The Morgan fingerprint density at radius 2 is 1.21 bits per heavy atom. The van der Waals surface area contributed by atoms with E-state index in [9.17, 15) is 9.59 Å². The van der Waals surface area contributed by atoms with E-state index in [0.29, 0.717) is 24.4 Å². The summed E-state index contributed by atoms with van der Waals surface area (Å²) in [5.41, 5.74) is 5.20. The number of carbonyl (C=O) groups excluding carboxylic acids is 2. The van der Waals surface area contributed by atoms with E-state index in [2.05, 4.69) is 44.2 Å². The normalized spacial score (nSPS) is 14.7. The number of hydrogen-bond donors (Lipinski definition) is 0. The Bertz CT molecular complexity index is 1050. The fourth-order valence-electron chi connectivity index (χ4n) is 6.26. The summed E-state index contributed by atoms with van der Waals surface area (Å²) >= 11 is 0. The molecule has 0 amide bonds. The molecule has 3 rings (SSSR count). The average molecular weight is 521 g/mol. The third-order valence-electron chi connectivity index (χ3n) is 8.26. The van der Waals surface area contributed by atoms with Crippen LogP contribution in [-0.4, -0.2) is 18.9 Å². The second-order valence-electron chi connectivity index (χ2n) is 11.3. The number of methoxy groups -OCH3 is 1. The Labute approximate surface area is 230 Å². The molecule has 1 aliphatic rings. The van der Waals surface area contributed by atoms with Crippen LogP contribution in [0.3, 0.4) is 0 Å². The summed E-state index contributed by atoms with van der Waals surface area (Å²) < 4.78 is 11.2. The molecular formula is C34H48O4. The molecule has 0 aromatic heterocycles. The first-order chi connectivity index (χ1) is 18.4. The lowest BCUT2D eigenvalue weighted by Gasteiger charge is -2.40. The Hall–Kier alpha value is -2.62. The number of ketones is 1. The van der Waals surface area contributed by atoms with Crippen molar-refractivity contribution >= 4 is 11.8 Å². The highest BCUT2D eigenvalue weighted by atomic mass is 16.5. The van der Waals surface area contributed by atoms with Gasteiger partial charge in [-0.25, -0.2) is 0 Å². The highest BCUT2D eigenvalue weighted by Crippen LogP contribution is 2.48. The molecule has 0 heterocycles. The van der Waals surface area contributed by atoms with Crippen LogP contribution >= 0.6 is 0 Å². The summed E-state index contributed by atoms with van der Waals surface area (Å²) in [6, 6.07) is 12.7. The molecule has 4 heteroatoms. The van der Waals surface area contributed by atoms with Gasteiger partial charge < -0.3 is 14.3 Å². The minimum absolute atomic E-state index is 0.00530. The fraction of sp³-hybridized carbons (Fsp3) is 0.588. The number of rotatable bonds is 15. The molecule has 2 aromatic carbocycles. The zero-order chi connectivity index (χ0) is 27.4. The Kier molecular flexibility index (Phi) is 11.9. The van der Waals surface area contributed by atoms with Crippen molar-refractivity contribution in [3.8, 4) is 11.5 Å². The summed E-state index contributed by atoms with van der Waals surface area (Å²) in [6.45, 7) is 6.01. The highest BCUT2D eigenvalue weighted by Gasteiger charge is 2.38. The number of benzene rings is 2. The van der Waals surface area contributed by atoms with Gasteiger partial charge in [0.1, 0.15) is 17.3 Å². The number of carbonyl (C=O) groups is 2. The molecule has 0 atom stereocenters. The van der Waals surface area contributed by atoms with Crippen molar-refractivity contribution in [1.29, 1.82) is 0 Å². The second kappa shape index (κ2) is 15.1. The van der Waals surface area contributed by atoms with Crippen LogP contribution in [0.25, 0.3) is 0 Å². The molecule has 0 N–H and O–H groups in total. The van der Waals surface area contributed by atoms with Gasteiger partial charge in [0.15, 0.2) is 0 Å². The van der Waals surface area contributed by atoms with E-state index in [1.165, 1.54) is 60.8 Å². The minimum atomic E-state index is -0.139. The number of unbranched alkanes of at least 4 members (excludes halogenated alkanes) is 7. The van der Waals surface area contributed by atoms with E-state index in [1.54, 1.807) is 14.0 Å². The van der Waals surface area contributed by atoms with Gasteiger partial charge in [-0.2, -0.15) is 0 Å². The average Bonchev–Trinajstić information content (AvgIpc) is 2.90. The number of aryl methyl sites for hydroxylation is 2. The molecule has 0 unspecified atom stereocenters. The van der Waals surface area contributed by atoms with Crippen LogP contribution in [0.1, 0.15) is 125 Å². The summed E-state index contributed by atoms with van der Waals surface area (Å²) in [7, 11) is 1.72. The van der Waals surface area contributed by atoms with Gasteiger partial charge in [-0.05, 0) is 93.0 Å². The summed E-state index contributed by atoms with van der Waals surface area (Å²) in [5, 5.41) is 0. The maximum absolute atomic E-state index is 12.5. The van der Waals surface area contributed by atoms with Gasteiger partial charge in [0, 0.05) is 18.3 Å². The SMILES string of the molecule is COc1ccc(C2(c3ccc(OC(=O)CCCCCCCCCCC(C)=O)cc3C)CCCCC2)c(C)c1. The Balaban J connectivity index is 1.52. The molecule has 4 nitrogen and oxygen atoms in total. The van der Waals surface area contributed by atoms with Crippen molar-refractivity contribution in [2.45, 2.75) is 122 Å². The van der Waals surface area contributed by atoms with Crippen molar-refractivity contribution in [3.05, 3.63) is 58.7 Å². The van der Waals surface area contributed by atoms with Gasteiger partial charge in [-0.15, -0.1) is 0 Å². The molecule has 0 spiro atoms. The van der Waals surface area contributed by atoms with Gasteiger partial charge in [0.2, 0.25) is 0 Å². The quantitative estimate of drug-likeness (QED) is 0.134. The van der Waals surface area contributed by atoms with E-state index in [0.717, 1.165) is 50.7 Å². The molecule has 0 saturated heterocycles. The molecule has 0 bridgehead atoms. The molecule has 38 heavy (non-hydrogen) atoms. The number of ether oxygens (including phenoxy) is 2. The molecule has 1 saturated carbocycles. The lowest BCUT2D eigenvalue weighted by atomic mass is 9.63.